The van der Waals surface area contributed by atoms with Crippen LogP contribution in [0, 0.1) is 0 Å². The first-order valence-corrected chi connectivity index (χ1v) is 9.04. The van der Waals surface area contributed by atoms with Crippen molar-refractivity contribution in [1.82, 2.24) is 15.3 Å². The van der Waals surface area contributed by atoms with Gasteiger partial charge in [-0.2, -0.15) is 10.1 Å². The van der Waals surface area contributed by atoms with Gasteiger partial charge in [-0.3, -0.25) is 0 Å². The Kier molecular flexibility index (Phi) is 7.69. The average molecular weight is 371 g/mol. The molecule has 2 rings (SSSR count). The van der Waals surface area contributed by atoms with Crippen molar-refractivity contribution in [1.29, 1.82) is 0 Å². The molecule has 146 valence electrons. The van der Waals surface area contributed by atoms with Gasteiger partial charge in [0.15, 0.2) is 0 Å². The van der Waals surface area contributed by atoms with Crippen molar-refractivity contribution in [3.63, 3.8) is 0 Å². The summed E-state index contributed by atoms with van der Waals surface area (Å²) in [4.78, 5) is 8.26. The zero-order valence-corrected chi connectivity index (χ0v) is 16.4. The normalized spacial score (nSPS) is 12.3. The lowest BCUT2D eigenvalue weighted by Crippen LogP contribution is -2.46. The molecule has 0 aliphatic rings. The van der Waals surface area contributed by atoms with Crippen LogP contribution >= 0.6 is 0 Å². The number of hydrazone groups is 1. The number of aromatic nitrogens is 2. The fraction of sp³-hybridized carbons (Fsp3) is 0.450. The molecule has 7 heteroatoms. The third kappa shape index (κ3) is 8.15. The lowest BCUT2D eigenvalue weighted by molar-refractivity contribution is 0.0966. The Hall–Kier alpha value is -2.51. The van der Waals surface area contributed by atoms with E-state index in [1.165, 1.54) is 5.56 Å². The fourth-order valence-electron chi connectivity index (χ4n) is 2.44. The minimum absolute atomic E-state index is 0.135. The third-order valence-corrected chi connectivity index (χ3v) is 3.74. The number of aliphatic hydroxyl groups excluding tert-OH is 1. The molecule has 0 aliphatic heterocycles. The Morgan fingerprint density at radius 2 is 1.96 bits per heavy atom. The van der Waals surface area contributed by atoms with Gasteiger partial charge >= 0.3 is 0 Å². The van der Waals surface area contributed by atoms with Crippen molar-refractivity contribution in [2.45, 2.75) is 45.8 Å². The molecule has 3 N–H and O–H groups in total. The highest BCUT2D eigenvalue weighted by molar-refractivity contribution is 5.79. The monoisotopic (exact) mass is 371 g/mol. The maximum Gasteiger partial charge on any atom is 0.246 e. The third-order valence-electron chi connectivity index (χ3n) is 3.74. The van der Waals surface area contributed by atoms with E-state index in [4.69, 9.17) is 4.74 Å². The Labute approximate surface area is 160 Å². The summed E-state index contributed by atoms with van der Waals surface area (Å²) in [7, 11) is 0. The van der Waals surface area contributed by atoms with Gasteiger partial charge in [0, 0.05) is 30.1 Å². The van der Waals surface area contributed by atoms with Crippen LogP contribution < -0.4 is 15.5 Å². The van der Waals surface area contributed by atoms with Crippen LogP contribution in [0.15, 0.2) is 47.7 Å². The highest BCUT2D eigenvalue weighted by atomic mass is 16.5. The summed E-state index contributed by atoms with van der Waals surface area (Å²) in [5, 5.41) is 17.7. The van der Waals surface area contributed by atoms with Crippen molar-refractivity contribution >= 4 is 11.7 Å². The molecule has 7 nitrogen and oxygen atoms in total. The van der Waals surface area contributed by atoms with Gasteiger partial charge in [0.1, 0.15) is 12.7 Å². The number of nitrogens with zero attached hydrogens (tertiary/aromatic N) is 3. The first kappa shape index (κ1) is 20.8. The zero-order valence-electron chi connectivity index (χ0n) is 16.4. The maximum absolute atomic E-state index is 10.2. The largest absolute Gasteiger partial charge is 0.475 e. The van der Waals surface area contributed by atoms with Crippen LogP contribution in [0.1, 0.15) is 33.3 Å². The van der Waals surface area contributed by atoms with Crippen molar-refractivity contribution in [2.24, 2.45) is 5.10 Å². The number of nitrogens with one attached hydrogen (secondary N) is 2. The molecule has 2 aromatic rings. The molecule has 0 aliphatic carbocycles. The molecule has 0 radical (unpaired) electrons. The first-order chi connectivity index (χ1) is 12.8. The second-order valence-corrected chi connectivity index (χ2v) is 7.28. The molecule has 0 bridgehead atoms. The Morgan fingerprint density at radius 3 is 2.67 bits per heavy atom. The number of aliphatic hydroxyl groups is 1. The first-order valence-electron chi connectivity index (χ1n) is 9.04. The smallest absolute Gasteiger partial charge is 0.246 e. The molecule has 1 aromatic heterocycles. The second kappa shape index (κ2) is 9.99. The summed E-state index contributed by atoms with van der Waals surface area (Å²) in [6.07, 6.45) is 1.81. The summed E-state index contributed by atoms with van der Waals surface area (Å²) < 4.78 is 5.57. The van der Waals surface area contributed by atoms with Gasteiger partial charge < -0.3 is 15.2 Å². The minimum atomic E-state index is -0.651. The fourth-order valence-corrected chi connectivity index (χ4v) is 2.44. The van der Waals surface area contributed by atoms with Crippen LogP contribution in [-0.2, 0) is 6.42 Å². The summed E-state index contributed by atoms with van der Waals surface area (Å²) in [6, 6.07) is 11.9. The van der Waals surface area contributed by atoms with E-state index in [1.54, 1.807) is 12.3 Å². The van der Waals surface area contributed by atoms with E-state index in [0.717, 1.165) is 12.1 Å². The van der Waals surface area contributed by atoms with Gasteiger partial charge in [0.05, 0.1) is 0 Å². The van der Waals surface area contributed by atoms with E-state index in [9.17, 15) is 5.11 Å². The average Bonchev–Trinajstić information content (AvgIpc) is 2.64. The van der Waals surface area contributed by atoms with Crippen molar-refractivity contribution < 1.29 is 9.84 Å². The maximum atomic E-state index is 10.2. The highest BCUT2D eigenvalue weighted by Crippen LogP contribution is 2.13. The Bertz CT molecular complexity index is 730. The van der Waals surface area contributed by atoms with E-state index < -0.39 is 6.10 Å². The van der Waals surface area contributed by atoms with Crippen molar-refractivity contribution in [2.75, 3.05) is 18.6 Å². The molecule has 0 saturated carbocycles. The van der Waals surface area contributed by atoms with E-state index in [2.05, 4.69) is 51.8 Å². The lowest BCUT2D eigenvalue weighted by atomic mass is 9.95. The van der Waals surface area contributed by atoms with E-state index >= 15 is 0 Å². The predicted molar refractivity (Wildman–Crippen MR) is 108 cm³/mol. The summed E-state index contributed by atoms with van der Waals surface area (Å²) >= 11 is 0. The van der Waals surface area contributed by atoms with Gasteiger partial charge in [-0.25, -0.2) is 10.4 Å². The van der Waals surface area contributed by atoms with Crippen LogP contribution in [0.5, 0.6) is 5.88 Å². The second-order valence-electron chi connectivity index (χ2n) is 7.28. The molecule has 0 spiro atoms. The van der Waals surface area contributed by atoms with E-state index in [1.807, 2.05) is 32.0 Å². The molecule has 0 saturated heterocycles. The molecular weight excluding hydrogens is 342 g/mol. The number of rotatable bonds is 10. The molecular formula is C20H29N5O2. The van der Waals surface area contributed by atoms with Crippen LogP contribution in [0.4, 0.5) is 5.95 Å². The standard InChI is InChI=1S/C20H29N5O2/c1-15(2)24-25-19-21-11-10-18(23-19)27-14-17(26)13-22-20(3,4)12-16-8-6-5-7-9-16/h5-11,17,22,26H,12-14H2,1-4H3,(H,21,23,25). The van der Waals surface area contributed by atoms with Crippen LogP contribution in [0.25, 0.3) is 0 Å². The Morgan fingerprint density at radius 1 is 1.22 bits per heavy atom. The molecule has 1 aromatic carbocycles. The van der Waals surface area contributed by atoms with Crippen LogP contribution in [0.3, 0.4) is 0 Å². The molecule has 1 unspecified atom stereocenters. The predicted octanol–water partition coefficient (Wildman–Crippen LogP) is 2.63. The number of β-amino-alcohol motifs (C(OH)–C–C–N with tert-alkyl or cyclic N) is 1. The molecule has 27 heavy (non-hydrogen) atoms. The number of benzene rings is 1. The van der Waals surface area contributed by atoms with Crippen molar-refractivity contribution in [3.05, 3.63) is 48.2 Å². The lowest BCUT2D eigenvalue weighted by Gasteiger charge is -2.28. The summed E-state index contributed by atoms with van der Waals surface area (Å²) in [5.41, 5.74) is 4.74. The van der Waals surface area contributed by atoms with Crippen LogP contribution in [0.2, 0.25) is 0 Å². The van der Waals surface area contributed by atoms with Gasteiger partial charge in [-0.05, 0) is 39.7 Å². The SMILES string of the molecule is CC(C)=NNc1nccc(OCC(O)CNC(C)(C)Cc2ccccc2)n1. The molecule has 1 atom stereocenters. The number of hydrogen-bond donors (Lipinski definition) is 3. The quantitative estimate of drug-likeness (QED) is 0.439. The Balaban J connectivity index is 1.78. The zero-order chi connectivity index (χ0) is 19.7. The summed E-state index contributed by atoms with van der Waals surface area (Å²) in [6.45, 7) is 8.54. The van der Waals surface area contributed by atoms with E-state index in [-0.39, 0.29) is 12.1 Å². The topological polar surface area (TPSA) is 91.7 Å². The number of ether oxygens (including phenoxy) is 1. The number of hydrogen-bond acceptors (Lipinski definition) is 7. The van der Waals surface area contributed by atoms with Gasteiger partial charge in [-0.1, -0.05) is 30.3 Å². The molecule has 0 fully saturated rings. The van der Waals surface area contributed by atoms with Gasteiger partial charge in [-0.15, -0.1) is 0 Å². The van der Waals surface area contributed by atoms with Gasteiger partial charge in [0.2, 0.25) is 11.8 Å². The molecule has 1 heterocycles. The summed E-state index contributed by atoms with van der Waals surface area (Å²) in [5.74, 6) is 0.740. The molecule has 0 amide bonds. The van der Waals surface area contributed by atoms with Gasteiger partial charge in [0.25, 0.3) is 0 Å². The number of anilines is 1. The minimum Gasteiger partial charge on any atom is -0.475 e. The van der Waals surface area contributed by atoms with E-state index in [0.29, 0.717) is 18.4 Å². The van der Waals surface area contributed by atoms with Crippen LogP contribution in [-0.4, -0.2) is 45.6 Å². The highest BCUT2D eigenvalue weighted by Gasteiger charge is 2.19. The van der Waals surface area contributed by atoms with Crippen molar-refractivity contribution in [3.8, 4) is 5.88 Å².